The van der Waals surface area contributed by atoms with Crippen LogP contribution >= 0.6 is 0 Å². The number of hydrogen-bond acceptors (Lipinski definition) is 4. The van der Waals surface area contributed by atoms with E-state index in [0.29, 0.717) is 0 Å². The maximum atomic E-state index is 2.53. The molecule has 17 rings (SSSR count). The van der Waals surface area contributed by atoms with E-state index in [2.05, 4.69) is 375 Å². The summed E-state index contributed by atoms with van der Waals surface area (Å²) in [6.45, 7) is 9.91. The Bertz CT molecular complexity index is 5000. The fraction of sp³-hybridized carbons (Fsp3) is 0.0682. The summed E-state index contributed by atoms with van der Waals surface area (Å²) < 4.78 is 0. The Morgan fingerprint density at radius 1 is 0.207 bits per heavy atom. The lowest BCUT2D eigenvalue weighted by Crippen LogP contribution is -2.24. The molecule has 0 saturated heterocycles. The largest absolute Gasteiger partial charge is 0.310 e. The molecular formula is C88H66N4. The van der Waals surface area contributed by atoms with E-state index in [0.717, 1.165) is 68.2 Å². The first-order valence-corrected chi connectivity index (χ1v) is 32.1. The highest BCUT2D eigenvalue weighted by molar-refractivity contribution is 6.14. The van der Waals surface area contributed by atoms with Gasteiger partial charge in [-0.3, -0.25) is 0 Å². The van der Waals surface area contributed by atoms with E-state index in [1.807, 2.05) is 0 Å². The maximum Gasteiger partial charge on any atom is 0.0543 e. The van der Waals surface area contributed by atoms with Gasteiger partial charge in [0.25, 0.3) is 0 Å². The summed E-state index contributed by atoms with van der Waals surface area (Å²) in [6.07, 6.45) is 0. The molecule has 0 aromatic heterocycles. The predicted octanol–water partition coefficient (Wildman–Crippen LogP) is 24.8. The summed E-state index contributed by atoms with van der Waals surface area (Å²) in [4.78, 5) is 9.67. The van der Waals surface area contributed by atoms with E-state index in [9.17, 15) is 0 Å². The monoisotopic (exact) mass is 1180 g/mol. The van der Waals surface area contributed by atoms with Gasteiger partial charge in [0.15, 0.2) is 0 Å². The Hall–Kier alpha value is -11.5. The number of fused-ring (bicyclic) bond motifs is 13. The highest BCUT2D eigenvalue weighted by Gasteiger charge is 2.47. The van der Waals surface area contributed by atoms with Gasteiger partial charge in [-0.05, 0) is 210 Å². The van der Waals surface area contributed by atoms with Crippen molar-refractivity contribution in [2.45, 2.75) is 38.5 Å². The molecule has 15 aromatic rings. The van der Waals surface area contributed by atoms with Crippen LogP contribution in [0.5, 0.6) is 0 Å². The van der Waals surface area contributed by atoms with Crippen molar-refractivity contribution in [2.24, 2.45) is 0 Å². The second-order valence-electron chi connectivity index (χ2n) is 25.7. The van der Waals surface area contributed by atoms with Crippen molar-refractivity contribution < 1.29 is 0 Å². The third kappa shape index (κ3) is 8.81. The molecule has 0 saturated carbocycles. The molecule has 0 amide bonds. The van der Waals surface area contributed by atoms with Crippen LogP contribution in [-0.4, -0.2) is 0 Å². The van der Waals surface area contributed by atoms with Gasteiger partial charge in [0, 0.05) is 78.5 Å². The van der Waals surface area contributed by atoms with Crippen LogP contribution in [0.1, 0.15) is 49.9 Å². The average Bonchev–Trinajstić information content (AvgIpc) is 1.51. The van der Waals surface area contributed by atoms with Gasteiger partial charge in [-0.15, -0.1) is 0 Å². The normalized spacial score (nSPS) is 13.2. The van der Waals surface area contributed by atoms with Crippen LogP contribution in [0.25, 0.3) is 65.3 Å². The van der Waals surface area contributed by atoms with Crippen LogP contribution in [0.3, 0.4) is 0 Å². The highest BCUT2D eigenvalue weighted by atomic mass is 15.2. The lowest BCUT2D eigenvalue weighted by molar-refractivity contribution is 0.601. The average molecular weight is 1180 g/mol. The van der Waals surface area contributed by atoms with Gasteiger partial charge in [0.2, 0.25) is 0 Å². The summed E-state index contributed by atoms with van der Waals surface area (Å²) in [5, 5.41) is 9.79. The van der Waals surface area contributed by atoms with Crippen LogP contribution in [0.4, 0.5) is 68.2 Å². The van der Waals surface area contributed by atoms with E-state index in [1.54, 1.807) is 0 Å². The smallest absolute Gasteiger partial charge is 0.0543 e. The lowest BCUT2D eigenvalue weighted by Gasteiger charge is -2.33. The third-order valence-corrected chi connectivity index (χ3v) is 19.6. The zero-order chi connectivity index (χ0) is 61.7. The summed E-state index contributed by atoms with van der Waals surface area (Å²) in [5.74, 6) is 0. The van der Waals surface area contributed by atoms with Crippen molar-refractivity contribution >= 4 is 111 Å². The molecule has 15 aromatic carbocycles. The molecule has 0 N–H and O–H groups in total. The fourth-order valence-corrected chi connectivity index (χ4v) is 15.4. The fourth-order valence-electron chi connectivity index (χ4n) is 15.4. The number of hydrogen-bond donors (Lipinski definition) is 0. The van der Waals surface area contributed by atoms with Gasteiger partial charge < -0.3 is 19.6 Å². The Morgan fingerprint density at radius 2 is 0.467 bits per heavy atom. The summed E-state index contributed by atoms with van der Waals surface area (Å²) in [6, 6.07) is 120. The van der Waals surface area contributed by atoms with Gasteiger partial charge in [-0.2, -0.15) is 0 Å². The van der Waals surface area contributed by atoms with Crippen molar-refractivity contribution in [3.63, 3.8) is 0 Å². The number of rotatable bonds is 12. The minimum absolute atomic E-state index is 0.382. The molecule has 0 unspecified atom stereocenters. The van der Waals surface area contributed by atoms with Crippen LogP contribution in [-0.2, 0) is 10.8 Å². The summed E-state index contributed by atoms with van der Waals surface area (Å²) >= 11 is 0. The third-order valence-electron chi connectivity index (χ3n) is 19.6. The minimum Gasteiger partial charge on any atom is -0.310 e. The number of benzene rings is 15. The van der Waals surface area contributed by atoms with Gasteiger partial charge in [0.05, 0.1) is 11.4 Å². The Balaban J connectivity index is 0.785. The maximum absolute atomic E-state index is 2.53. The van der Waals surface area contributed by atoms with Crippen molar-refractivity contribution in [3.8, 4) is 22.3 Å². The van der Waals surface area contributed by atoms with Crippen molar-refractivity contribution in [2.75, 3.05) is 19.6 Å². The Morgan fingerprint density at radius 3 is 0.815 bits per heavy atom. The SMILES string of the molecule is CC1(C)c2cc(N(c3ccccc3)c3ccc(N(c4ccccc4)c4ccc5ccccc5c4)cc3)c3ccccc3c2-c2ccc3c(c21)C(C)(C)c1cc(N(c2ccccc2)c2ccc(N(c4ccccc4)c4ccc5ccccc5c4)cc2)c2ccccc2c1-3. The first-order chi connectivity index (χ1) is 45.2. The van der Waals surface area contributed by atoms with Gasteiger partial charge in [-0.25, -0.2) is 0 Å². The van der Waals surface area contributed by atoms with Gasteiger partial charge >= 0.3 is 0 Å². The number of para-hydroxylation sites is 4. The second kappa shape index (κ2) is 21.7. The molecule has 92 heavy (non-hydrogen) atoms. The molecular weight excluding hydrogens is 1110 g/mol. The molecule has 2 aliphatic rings. The highest BCUT2D eigenvalue weighted by Crippen LogP contribution is 2.63. The molecule has 0 atom stereocenters. The van der Waals surface area contributed by atoms with Gasteiger partial charge in [-0.1, -0.05) is 222 Å². The summed E-state index contributed by atoms with van der Waals surface area (Å²) in [7, 11) is 0. The van der Waals surface area contributed by atoms with Crippen molar-refractivity contribution in [1.82, 2.24) is 0 Å². The van der Waals surface area contributed by atoms with E-state index < -0.39 is 0 Å². The lowest BCUT2D eigenvalue weighted by atomic mass is 9.72. The quantitative estimate of drug-likeness (QED) is 0.121. The Labute approximate surface area is 538 Å². The molecule has 0 radical (unpaired) electrons. The topological polar surface area (TPSA) is 13.0 Å². The van der Waals surface area contributed by atoms with E-state index >= 15 is 0 Å². The number of anilines is 12. The van der Waals surface area contributed by atoms with Gasteiger partial charge in [0.1, 0.15) is 0 Å². The van der Waals surface area contributed by atoms with E-state index in [1.165, 1.54) is 87.6 Å². The molecule has 2 aliphatic carbocycles. The summed E-state index contributed by atoms with van der Waals surface area (Å²) in [5.41, 5.74) is 23.3. The predicted molar refractivity (Wildman–Crippen MR) is 390 cm³/mol. The molecule has 4 heteroatoms. The first kappa shape index (κ1) is 54.7. The molecule has 4 nitrogen and oxygen atoms in total. The van der Waals surface area contributed by atoms with Crippen molar-refractivity contribution in [3.05, 3.63) is 350 Å². The minimum atomic E-state index is -0.382. The molecule has 0 fully saturated rings. The van der Waals surface area contributed by atoms with Crippen LogP contribution < -0.4 is 19.6 Å². The second-order valence-corrected chi connectivity index (χ2v) is 25.7. The molecule has 0 bridgehead atoms. The Kier molecular flexibility index (Phi) is 12.9. The molecule has 0 heterocycles. The standard InChI is InChI=1S/C88H66N4/c1-87(2)79-57-81(91(65-33-13-7-14-34-65)69-49-45-67(46-50-69)89(63-29-9-5-10-30-63)71-43-41-59-25-17-19-27-61(59)55-71)73-37-21-23-39-75(73)83(79)77-53-54-78-84-76-40-24-22-38-74(76)82(58-80(84)88(3,4)86(78)85(77)87)92(66-35-15-8-16-36-66)70-51-47-68(48-52-70)90(64-31-11-6-12-32-64)72-44-42-60-26-18-20-28-62(60)56-72/h5-58H,1-4H3. The molecule has 0 aliphatic heterocycles. The number of nitrogens with zero attached hydrogens (tertiary/aromatic N) is 4. The molecule has 0 spiro atoms. The molecule has 438 valence electrons. The van der Waals surface area contributed by atoms with Crippen LogP contribution in [0.15, 0.2) is 328 Å². The first-order valence-electron chi connectivity index (χ1n) is 32.1. The van der Waals surface area contributed by atoms with Crippen LogP contribution in [0, 0.1) is 0 Å². The zero-order valence-electron chi connectivity index (χ0n) is 52.0. The van der Waals surface area contributed by atoms with Crippen LogP contribution in [0.2, 0.25) is 0 Å². The van der Waals surface area contributed by atoms with Crippen molar-refractivity contribution in [1.29, 1.82) is 0 Å². The van der Waals surface area contributed by atoms with E-state index in [4.69, 9.17) is 0 Å². The zero-order valence-corrected chi connectivity index (χ0v) is 52.0. The van der Waals surface area contributed by atoms with E-state index in [-0.39, 0.29) is 10.8 Å².